The van der Waals surface area contributed by atoms with E-state index in [0.29, 0.717) is 11.1 Å². The predicted octanol–water partition coefficient (Wildman–Crippen LogP) is -0.706. The van der Waals surface area contributed by atoms with Gasteiger partial charge in [-0.05, 0) is 31.4 Å². The third kappa shape index (κ3) is 3.04. The molecule has 1 aromatic heterocycles. The van der Waals surface area contributed by atoms with Gasteiger partial charge in [0.1, 0.15) is 47.1 Å². The van der Waals surface area contributed by atoms with Gasteiger partial charge in [0.15, 0.2) is 0 Å². The van der Waals surface area contributed by atoms with E-state index in [-0.39, 0.29) is 22.4 Å². The van der Waals surface area contributed by atoms with Gasteiger partial charge in [0.25, 0.3) is 0 Å². The van der Waals surface area contributed by atoms with Crippen LogP contribution >= 0.6 is 0 Å². The smallest absolute Gasteiger partial charge is 0.347 e. The molecule has 3 rings (SSSR count). The first-order chi connectivity index (χ1) is 12.2. The van der Waals surface area contributed by atoms with E-state index in [9.17, 15) is 30.3 Å². The van der Waals surface area contributed by atoms with Gasteiger partial charge in [-0.2, -0.15) is 0 Å². The number of aliphatic hydroxyl groups is 4. The van der Waals surface area contributed by atoms with Crippen molar-refractivity contribution in [2.75, 3.05) is 6.61 Å². The molecule has 0 amide bonds. The molecule has 0 radical (unpaired) electrons. The van der Waals surface area contributed by atoms with E-state index in [1.165, 1.54) is 19.1 Å². The molecule has 0 unspecified atom stereocenters. The summed E-state index contributed by atoms with van der Waals surface area (Å²) in [6.07, 6.45) is -7.21. The Morgan fingerprint density at radius 2 is 1.81 bits per heavy atom. The molecule has 1 aromatic carbocycles. The molecule has 1 aliphatic heterocycles. The monoisotopic (exact) mass is 368 g/mol. The number of hydrogen-bond donors (Lipinski definition) is 5. The Bertz CT molecular complexity index is 873. The molecule has 0 bridgehead atoms. The third-order valence-electron chi connectivity index (χ3n) is 4.45. The summed E-state index contributed by atoms with van der Waals surface area (Å²) in [5, 5.41) is 49.6. The first kappa shape index (κ1) is 18.6. The van der Waals surface area contributed by atoms with E-state index in [2.05, 4.69) is 0 Å². The lowest BCUT2D eigenvalue weighted by Crippen LogP contribution is -2.60. The van der Waals surface area contributed by atoms with Gasteiger partial charge < -0.3 is 39.4 Å². The Labute approximate surface area is 147 Å². The quantitative estimate of drug-likeness (QED) is 0.473. The van der Waals surface area contributed by atoms with Crippen LogP contribution in [0.1, 0.15) is 11.3 Å². The molecule has 9 nitrogen and oxygen atoms in total. The second-order valence-corrected chi connectivity index (χ2v) is 6.27. The summed E-state index contributed by atoms with van der Waals surface area (Å²) in [6, 6.07) is 3.01. The first-order valence-corrected chi connectivity index (χ1v) is 7.98. The molecule has 1 aliphatic rings. The number of benzene rings is 1. The largest absolute Gasteiger partial charge is 0.507 e. The molecule has 0 aliphatic carbocycles. The highest BCUT2D eigenvalue weighted by atomic mass is 16.7. The lowest BCUT2D eigenvalue weighted by Gasteiger charge is -2.39. The molecule has 26 heavy (non-hydrogen) atoms. The molecular formula is C17H20O9. The minimum absolute atomic E-state index is 0.00532. The Hall–Kier alpha value is -2.17. The molecular weight excluding hydrogens is 348 g/mol. The van der Waals surface area contributed by atoms with Gasteiger partial charge >= 0.3 is 5.63 Å². The standard InChI is InChI=1S/C17H20O9/c1-6-3-8-4-9(7(2)12(19)11(8)16(23)24-6)25-17-15(22)14(21)13(20)10(5-18)26-17/h3-4,10,13-15,17-22H,5H2,1-2H3/t10-,13-,14+,15-,17-/m1/s1. The van der Waals surface area contributed by atoms with Crippen LogP contribution in [0.2, 0.25) is 0 Å². The summed E-state index contributed by atoms with van der Waals surface area (Å²) in [4.78, 5) is 12.0. The van der Waals surface area contributed by atoms with Crippen molar-refractivity contribution < 1.29 is 39.4 Å². The molecule has 5 atom stereocenters. The van der Waals surface area contributed by atoms with Gasteiger partial charge in [-0.15, -0.1) is 0 Å². The van der Waals surface area contributed by atoms with Crippen LogP contribution in [-0.2, 0) is 4.74 Å². The fourth-order valence-electron chi connectivity index (χ4n) is 2.95. The second kappa shape index (κ2) is 6.86. The van der Waals surface area contributed by atoms with Gasteiger partial charge in [-0.25, -0.2) is 4.79 Å². The molecule has 1 saturated heterocycles. The number of aromatic hydroxyl groups is 1. The zero-order valence-corrected chi connectivity index (χ0v) is 14.1. The van der Waals surface area contributed by atoms with Crippen molar-refractivity contribution in [3.8, 4) is 11.5 Å². The van der Waals surface area contributed by atoms with Crippen LogP contribution in [0.4, 0.5) is 0 Å². The number of ether oxygens (including phenoxy) is 2. The lowest BCUT2D eigenvalue weighted by molar-refractivity contribution is -0.277. The number of aliphatic hydroxyl groups excluding tert-OH is 4. The molecule has 0 spiro atoms. The number of fused-ring (bicyclic) bond motifs is 1. The van der Waals surface area contributed by atoms with E-state index in [1.807, 2.05) is 0 Å². The Morgan fingerprint density at radius 3 is 2.46 bits per heavy atom. The van der Waals surface area contributed by atoms with E-state index >= 15 is 0 Å². The molecule has 2 aromatic rings. The lowest BCUT2D eigenvalue weighted by atomic mass is 9.99. The van der Waals surface area contributed by atoms with E-state index in [4.69, 9.17) is 13.9 Å². The summed E-state index contributed by atoms with van der Waals surface area (Å²) in [5.74, 6) is 0.102. The zero-order chi connectivity index (χ0) is 19.2. The van der Waals surface area contributed by atoms with Gasteiger partial charge in [-0.1, -0.05) is 0 Å². The van der Waals surface area contributed by atoms with Crippen molar-refractivity contribution in [2.45, 2.75) is 44.6 Å². The highest BCUT2D eigenvalue weighted by Gasteiger charge is 2.44. The number of phenolic OH excluding ortho intramolecular Hbond substituents is 1. The maximum absolute atomic E-state index is 12.0. The van der Waals surface area contributed by atoms with Crippen molar-refractivity contribution in [3.63, 3.8) is 0 Å². The van der Waals surface area contributed by atoms with Gasteiger partial charge in [0.05, 0.1) is 6.61 Å². The minimum Gasteiger partial charge on any atom is -0.507 e. The molecule has 2 heterocycles. The van der Waals surface area contributed by atoms with Crippen molar-refractivity contribution in [2.24, 2.45) is 0 Å². The van der Waals surface area contributed by atoms with Crippen LogP contribution in [0, 0.1) is 13.8 Å². The Morgan fingerprint density at radius 1 is 1.12 bits per heavy atom. The van der Waals surface area contributed by atoms with Gasteiger partial charge in [0.2, 0.25) is 6.29 Å². The Kier molecular flexibility index (Phi) is 4.91. The van der Waals surface area contributed by atoms with Crippen LogP contribution in [0.3, 0.4) is 0 Å². The number of hydrogen-bond acceptors (Lipinski definition) is 9. The molecule has 0 saturated carbocycles. The van der Waals surface area contributed by atoms with Crippen LogP contribution in [0.15, 0.2) is 21.3 Å². The van der Waals surface area contributed by atoms with Crippen molar-refractivity contribution in [1.82, 2.24) is 0 Å². The van der Waals surface area contributed by atoms with Crippen molar-refractivity contribution in [3.05, 3.63) is 33.9 Å². The van der Waals surface area contributed by atoms with Crippen molar-refractivity contribution >= 4 is 10.8 Å². The van der Waals surface area contributed by atoms with Crippen LogP contribution in [0.25, 0.3) is 10.8 Å². The average Bonchev–Trinajstić information content (AvgIpc) is 2.59. The van der Waals surface area contributed by atoms with E-state index in [1.54, 1.807) is 6.92 Å². The average molecular weight is 368 g/mol. The van der Waals surface area contributed by atoms with Crippen LogP contribution < -0.4 is 10.4 Å². The van der Waals surface area contributed by atoms with Crippen LogP contribution in [0.5, 0.6) is 11.5 Å². The minimum atomic E-state index is -1.59. The summed E-state index contributed by atoms with van der Waals surface area (Å²) in [5.41, 5.74) is -0.495. The molecule has 142 valence electrons. The molecule has 9 heteroatoms. The normalized spacial score (nSPS) is 29.1. The molecule has 1 fully saturated rings. The van der Waals surface area contributed by atoms with E-state index in [0.717, 1.165) is 0 Å². The summed E-state index contributed by atoms with van der Waals surface area (Å²) in [7, 11) is 0. The van der Waals surface area contributed by atoms with Gasteiger partial charge in [0, 0.05) is 5.56 Å². The fraction of sp³-hybridized carbons (Fsp3) is 0.471. The highest BCUT2D eigenvalue weighted by molar-refractivity contribution is 5.90. The maximum Gasteiger partial charge on any atom is 0.347 e. The number of phenols is 1. The summed E-state index contributed by atoms with van der Waals surface area (Å²) >= 11 is 0. The number of aryl methyl sites for hydroxylation is 1. The number of rotatable bonds is 3. The first-order valence-electron chi connectivity index (χ1n) is 7.98. The SMILES string of the molecule is Cc1cc2cc(O[C@@H]3O[C@H](CO)[C@@H](O)[C@H](O)[C@H]3O)c(C)c(O)c2c(=O)o1. The Balaban J connectivity index is 2.01. The second-order valence-electron chi connectivity index (χ2n) is 6.27. The summed E-state index contributed by atoms with van der Waals surface area (Å²) in [6.45, 7) is 2.48. The summed E-state index contributed by atoms with van der Waals surface area (Å²) < 4.78 is 15.8. The predicted molar refractivity (Wildman–Crippen MR) is 88.0 cm³/mol. The highest BCUT2D eigenvalue weighted by Crippen LogP contribution is 2.36. The van der Waals surface area contributed by atoms with Crippen molar-refractivity contribution in [1.29, 1.82) is 0 Å². The fourth-order valence-corrected chi connectivity index (χ4v) is 2.95. The third-order valence-corrected chi connectivity index (χ3v) is 4.45. The zero-order valence-electron chi connectivity index (χ0n) is 14.1. The maximum atomic E-state index is 12.0. The van der Waals surface area contributed by atoms with Crippen LogP contribution in [-0.4, -0.2) is 62.8 Å². The van der Waals surface area contributed by atoms with E-state index < -0.39 is 42.9 Å². The topological polar surface area (TPSA) is 150 Å². The molecule has 5 N–H and O–H groups in total. The van der Waals surface area contributed by atoms with Gasteiger partial charge in [-0.3, -0.25) is 0 Å².